The van der Waals surface area contributed by atoms with Gasteiger partial charge in [-0.25, -0.2) is 14.2 Å². The third-order valence-electron chi connectivity index (χ3n) is 3.67. The fourth-order valence-electron chi connectivity index (χ4n) is 2.56. The van der Waals surface area contributed by atoms with Crippen LogP contribution in [0.4, 0.5) is 4.39 Å². The van der Waals surface area contributed by atoms with Crippen LogP contribution in [0.15, 0.2) is 46.0 Å². The molecular weight excluding hydrogens is 445 g/mol. The van der Waals surface area contributed by atoms with Gasteiger partial charge in [0.2, 0.25) is 0 Å². The standard InChI is InChI=1S/C17H14BrClFN3O2S/c1-2-25-17(24)12-11(8-18)22-15(16-21-6-7-26-16)23-14(12)9-4-3-5-10(20)13(9)19/h3-7,14H,2,8H2,1H3,(H,22,23)/t14-/m1/s1. The van der Waals surface area contributed by atoms with E-state index in [0.29, 0.717) is 27.4 Å². The summed E-state index contributed by atoms with van der Waals surface area (Å²) in [7, 11) is 0. The number of alkyl halides is 1. The molecule has 3 rings (SSSR count). The molecule has 0 amide bonds. The minimum absolute atomic E-state index is 0.0719. The number of thiazole rings is 1. The van der Waals surface area contributed by atoms with Crippen molar-refractivity contribution >= 4 is 50.7 Å². The highest BCUT2D eigenvalue weighted by Crippen LogP contribution is 2.37. The normalized spacial score (nSPS) is 16.9. The van der Waals surface area contributed by atoms with Crippen molar-refractivity contribution in [1.29, 1.82) is 0 Å². The number of hydrogen-bond donors (Lipinski definition) is 1. The Labute approximate surface area is 167 Å². The van der Waals surface area contributed by atoms with Crippen LogP contribution in [0.5, 0.6) is 0 Å². The second-order valence-corrected chi connectivity index (χ2v) is 7.07. The van der Waals surface area contributed by atoms with E-state index in [-0.39, 0.29) is 17.2 Å². The first-order valence-electron chi connectivity index (χ1n) is 7.71. The predicted molar refractivity (Wildman–Crippen MR) is 103 cm³/mol. The van der Waals surface area contributed by atoms with Gasteiger partial charge < -0.3 is 10.1 Å². The number of amidine groups is 1. The molecule has 1 aromatic carbocycles. The molecule has 1 aliphatic rings. The Bertz CT molecular complexity index is 886. The number of allylic oxidation sites excluding steroid dienone is 1. The van der Waals surface area contributed by atoms with Gasteiger partial charge in [0.15, 0.2) is 10.8 Å². The van der Waals surface area contributed by atoms with Gasteiger partial charge in [-0.2, -0.15) is 0 Å². The van der Waals surface area contributed by atoms with Crippen molar-refractivity contribution in [1.82, 2.24) is 10.3 Å². The van der Waals surface area contributed by atoms with E-state index in [4.69, 9.17) is 16.3 Å². The van der Waals surface area contributed by atoms with E-state index < -0.39 is 17.8 Å². The number of carbonyl (C=O) groups excluding carboxylic acids is 1. The van der Waals surface area contributed by atoms with E-state index >= 15 is 0 Å². The lowest BCUT2D eigenvalue weighted by atomic mass is 9.96. The Hall–Kier alpha value is -1.77. The van der Waals surface area contributed by atoms with Crippen molar-refractivity contribution in [2.75, 3.05) is 11.9 Å². The van der Waals surface area contributed by atoms with E-state index in [0.717, 1.165) is 0 Å². The molecule has 0 unspecified atom stereocenters. The lowest BCUT2D eigenvalue weighted by Gasteiger charge is -2.26. The molecule has 0 fully saturated rings. The summed E-state index contributed by atoms with van der Waals surface area (Å²) in [5, 5.41) is 5.88. The third-order valence-corrected chi connectivity index (χ3v) is 5.41. The fourth-order valence-corrected chi connectivity index (χ4v) is 3.82. The summed E-state index contributed by atoms with van der Waals surface area (Å²) in [6.07, 6.45) is 1.66. The molecule has 0 radical (unpaired) electrons. The van der Waals surface area contributed by atoms with E-state index in [1.807, 2.05) is 5.38 Å². The average molecular weight is 459 g/mol. The second kappa shape index (κ2) is 8.28. The van der Waals surface area contributed by atoms with Crippen LogP contribution in [0.1, 0.15) is 23.5 Å². The topological polar surface area (TPSA) is 63.6 Å². The zero-order valence-corrected chi connectivity index (χ0v) is 16.8. The van der Waals surface area contributed by atoms with Crippen molar-refractivity contribution in [3.8, 4) is 0 Å². The highest BCUT2D eigenvalue weighted by Gasteiger charge is 2.33. The first kappa shape index (κ1) is 19.0. The number of aliphatic imine (C=N–C) groups is 1. The largest absolute Gasteiger partial charge is 0.463 e. The Morgan fingerprint density at radius 3 is 2.96 bits per heavy atom. The predicted octanol–water partition coefficient (Wildman–Crippen LogP) is 4.24. The molecule has 9 heteroatoms. The van der Waals surface area contributed by atoms with Crippen molar-refractivity contribution in [2.45, 2.75) is 13.0 Å². The quantitative estimate of drug-likeness (QED) is 0.538. The molecule has 0 saturated heterocycles. The van der Waals surface area contributed by atoms with Gasteiger partial charge in [-0.3, -0.25) is 4.99 Å². The van der Waals surface area contributed by atoms with E-state index in [9.17, 15) is 9.18 Å². The van der Waals surface area contributed by atoms with Gasteiger partial charge in [0.25, 0.3) is 0 Å². The van der Waals surface area contributed by atoms with Crippen molar-refractivity contribution < 1.29 is 13.9 Å². The molecule has 2 heterocycles. The number of nitrogens with zero attached hydrogens (tertiary/aromatic N) is 2. The van der Waals surface area contributed by atoms with Crippen LogP contribution >= 0.6 is 38.9 Å². The van der Waals surface area contributed by atoms with Crippen molar-refractivity contribution in [2.24, 2.45) is 4.99 Å². The van der Waals surface area contributed by atoms with Crippen LogP contribution in [0.25, 0.3) is 0 Å². The summed E-state index contributed by atoms with van der Waals surface area (Å²) in [6, 6.07) is 3.64. The smallest absolute Gasteiger partial charge is 0.338 e. The summed E-state index contributed by atoms with van der Waals surface area (Å²) in [5.41, 5.74) is 1.26. The molecule has 1 atom stereocenters. The van der Waals surface area contributed by atoms with E-state index in [1.165, 1.54) is 23.5 Å². The number of halogens is 3. The molecule has 0 bridgehead atoms. The van der Waals surface area contributed by atoms with Crippen molar-refractivity contribution in [3.05, 3.63) is 62.5 Å². The summed E-state index contributed by atoms with van der Waals surface area (Å²) >= 11 is 11.0. The maximum Gasteiger partial charge on any atom is 0.338 e. The van der Waals surface area contributed by atoms with E-state index in [1.54, 1.807) is 19.2 Å². The average Bonchev–Trinajstić information content (AvgIpc) is 3.18. The Kier molecular flexibility index (Phi) is 6.05. The van der Waals surface area contributed by atoms with Crippen LogP contribution in [0.2, 0.25) is 5.02 Å². The molecule has 5 nitrogen and oxygen atoms in total. The van der Waals surface area contributed by atoms with Crippen LogP contribution < -0.4 is 5.32 Å². The number of esters is 1. The molecule has 1 aromatic heterocycles. The van der Waals surface area contributed by atoms with Gasteiger partial charge in [-0.1, -0.05) is 39.7 Å². The Balaban J connectivity index is 2.17. The molecule has 0 aliphatic carbocycles. The zero-order chi connectivity index (χ0) is 18.7. The maximum absolute atomic E-state index is 14.0. The summed E-state index contributed by atoms with van der Waals surface area (Å²) in [6.45, 7) is 1.93. The minimum atomic E-state index is -0.801. The Morgan fingerprint density at radius 2 is 2.31 bits per heavy atom. The van der Waals surface area contributed by atoms with Gasteiger partial charge in [-0.05, 0) is 13.0 Å². The number of rotatable bonds is 5. The van der Waals surface area contributed by atoms with Crippen LogP contribution in [0, 0.1) is 5.82 Å². The highest BCUT2D eigenvalue weighted by atomic mass is 79.9. The number of nitrogens with one attached hydrogen (secondary N) is 1. The molecular formula is C17H14BrClFN3O2S. The molecule has 1 aliphatic heterocycles. The van der Waals surface area contributed by atoms with Crippen LogP contribution in [-0.2, 0) is 9.53 Å². The molecule has 0 spiro atoms. The van der Waals surface area contributed by atoms with Gasteiger partial charge in [0.1, 0.15) is 11.9 Å². The van der Waals surface area contributed by atoms with Gasteiger partial charge in [0.05, 0.1) is 17.2 Å². The van der Waals surface area contributed by atoms with Gasteiger partial charge in [-0.15, -0.1) is 11.3 Å². The number of ether oxygens (including phenoxy) is 1. The molecule has 1 N–H and O–H groups in total. The Morgan fingerprint density at radius 1 is 1.50 bits per heavy atom. The van der Waals surface area contributed by atoms with Gasteiger partial charge >= 0.3 is 5.97 Å². The summed E-state index contributed by atoms with van der Waals surface area (Å²) in [5.74, 6) is -0.605. The third kappa shape index (κ3) is 3.67. The zero-order valence-electron chi connectivity index (χ0n) is 13.6. The highest BCUT2D eigenvalue weighted by molar-refractivity contribution is 9.09. The lowest BCUT2D eigenvalue weighted by molar-refractivity contribution is -0.138. The number of hydrogen-bond acceptors (Lipinski definition) is 6. The maximum atomic E-state index is 14.0. The fraction of sp³-hybridized carbons (Fsp3) is 0.235. The van der Waals surface area contributed by atoms with Crippen LogP contribution in [-0.4, -0.2) is 28.7 Å². The second-order valence-electron chi connectivity index (χ2n) is 5.23. The summed E-state index contributed by atoms with van der Waals surface area (Å²) < 4.78 is 19.2. The monoisotopic (exact) mass is 457 g/mol. The van der Waals surface area contributed by atoms with E-state index in [2.05, 4.69) is 31.2 Å². The minimum Gasteiger partial charge on any atom is -0.463 e. The lowest BCUT2D eigenvalue weighted by Crippen LogP contribution is -2.34. The summed E-state index contributed by atoms with van der Waals surface area (Å²) in [4.78, 5) is 21.4. The van der Waals surface area contributed by atoms with Crippen LogP contribution in [0.3, 0.4) is 0 Å². The first-order chi connectivity index (χ1) is 12.6. The molecule has 26 heavy (non-hydrogen) atoms. The molecule has 2 aromatic rings. The SMILES string of the molecule is CCOC(=O)C1=C(CBr)NC(c2nccs2)=N[C@@H]1c1cccc(F)c1Cl. The first-order valence-corrected chi connectivity index (χ1v) is 10.1. The molecule has 0 saturated carbocycles. The molecule has 136 valence electrons. The van der Waals surface area contributed by atoms with Crippen molar-refractivity contribution in [3.63, 3.8) is 0 Å². The number of aromatic nitrogens is 1. The number of benzene rings is 1. The number of carbonyl (C=O) groups is 1. The van der Waals surface area contributed by atoms with Gasteiger partial charge in [0, 0.05) is 28.2 Å².